The fourth-order valence-electron chi connectivity index (χ4n) is 8.84. The Morgan fingerprint density at radius 1 is 0.447 bits per heavy atom. The minimum absolute atomic E-state index is 0.134. The van der Waals surface area contributed by atoms with Gasteiger partial charge in [0.25, 0.3) is 40.4 Å². The van der Waals surface area contributed by atoms with E-state index in [4.69, 9.17) is 60.8 Å². The monoisotopic (exact) mass is 1560 g/mol. The van der Waals surface area contributed by atoms with Crippen LogP contribution in [0, 0.1) is 0 Å². The molecule has 3 aliphatic heterocycles. The molecule has 0 bridgehead atoms. The Bertz CT molecular complexity index is 4290. The molecule has 1 N–H and O–H groups in total. The van der Waals surface area contributed by atoms with Crippen molar-refractivity contribution in [3.63, 3.8) is 0 Å². The van der Waals surface area contributed by atoms with Gasteiger partial charge in [0.05, 0.1) is 14.7 Å². The summed E-state index contributed by atoms with van der Waals surface area (Å²) in [7, 11) is 0. The Balaban J connectivity index is 0.000000161. The third-order valence-electron chi connectivity index (χ3n) is 13.1. The van der Waals surface area contributed by atoms with Gasteiger partial charge in [-0.1, -0.05) is 159 Å². The number of hydrogen-bond acceptors (Lipinski definition) is 19. The molecule has 9 heterocycles. The van der Waals surface area contributed by atoms with Gasteiger partial charge in [-0.3, -0.25) is 61.5 Å². The molecule has 480 valence electrons. The van der Waals surface area contributed by atoms with E-state index in [-0.39, 0.29) is 68.7 Å². The van der Waals surface area contributed by atoms with Crippen molar-refractivity contribution in [2.24, 2.45) is 0 Å². The minimum Gasteiger partial charge on any atom is -0.481 e. The molecule has 9 aromatic rings. The zero-order valence-electron chi connectivity index (χ0n) is 50.0. The van der Waals surface area contributed by atoms with Gasteiger partial charge in [0, 0.05) is 58.6 Å². The molecule has 94 heavy (non-hydrogen) atoms. The van der Waals surface area contributed by atoms with Crippen LogP contribution in [0.2, 0.25) is 0 Å². The Hall–Kier alpha value is -8.00. The summed E-state index contributed by atoms with van der Waals surface area (Å²) in [6, 6.07) is 37.4. The fourth-order valence-corrected chi connectivity index (χ4v) is 13.5. The number of carboxylic acids is 1. The summed E-state index contributed by atoms with van der Waals surface area (Å²) in [5, 5.41) is 7.42. The molecule has 0 saturated carbocycles. The van der Waals surface area contributed by atoms with Gasteiger partial charge in [-0.2, -0.15) is 15.0 Å². The van der Waals surface area contributed by atoms with Crippen molar-refractivity contribution < 1.29 is 38.5 Å². The molecule has 3 saturated heterocycles. The zero-order chi connectivity index (χ0) is 67.3. The predicted octanol–water partition coefficient (Wildman–Crippen LogP) is 14.7. The summed E-state index contributed by atoms with van der Waals surface area (Å²) in [6.45, 7) is 8.64. The summed E-state index contributed by atoms with van der Waals surface area (Å²) in [6.07, 6.45) is 11.8. The molecule has 6 aromatic heterocycles. The lowest BCUT2D eigenvalue weighted by Gasteiger charge is -2.12. The molecule has 0 spiro atoms. The number of carbonyl (C=O) groups excluding carboxylic acids is 3. The van der Waals surface area contributed by atoms with E-state index in [9.17, 15) is 28.8 Å². The molecular weight excluding hydrogens is 1510 g/mol. The lowest BCUT2D eigenvalue weighted by Crippen LogP contribution is -2.28. The van der Waals surface area contributed by atoms with Crippen LogP contribution in [0.3, 0.4) is 0 Å². The number of carboxylic acid groups (broad SMARTS) is 1. The quantitative estimate of drug-likeness (QED) is 0.0743. The Morgan fingerprint density at radius 3 is 0.926 bits per heavy atom. The van der Waals surface area contributed by atoms with E-state index in [0.29, 0.717) is 81.5 Å². The first-order valence-corrected chi connectivity index (χ1v) is 34.5. The number of carbonyl (C=O) groups is 4. The number of hydrogen-bond donors (Lipinski definition) is 1. The van der Waals surface area contributed by atoms with E-state index < -0.39 is 5.97 Å². The summed E-state index contributed by atoms with van der Waals surface area (Å²) in [5.41, 5.74) is 0.951. The summed E-state index contributed by atoms with van der Waals surface area (Å²) < 4.78 is 26.3. The number of benzene rings is 3. The highest BCUT2D eigenvalue weighted by molar-refractivity contribution is 9.11. The van der Waals surface area contributed by atoms with Gasteiger partial charge in [0.1, 0.15) is 63.8 Å². The summed E-state index contributed by atoms with van der Waals surface area (Å²) in [4.78, 5) is 106. The number of fused-ring (bicyclic) bond motifs is 3. The van der Waals surface area contributed by atoms with Gasteiger partial charge in [0.15, 0.2) is 0 Å². The van der Waals surface area contributed by atoms with Gasteiger partial charge in [-0.15, -0.1) is 0 Å². The number of halogens is 3. The number of rotatable bonds is 15. The summed E-state index contributed by atoms with van der Waals surface area (Å²) >= 11 is 29.7. The molecule has 29 heteroatoms. The maximum Gasteiger partial charge on any atom is 0.300 e. The molecule has 0 radical (unpaired) electrons. The number of ether oxygens (including phenoxy) is 3. The van der Waals surface area contributed by atoms with Crippen LogP contribution < -0.4 is 30.9 Å². The molecule has 3 aliphatic rings. The third kappa shape index (κ3) is 17.1. The first-order chi connectivity index (χ1) is 45.2. The largest absolute Gasteiger partial charge is 0.481 e. The van der Waals surface area contributed by atoms with Crippen LogP contribution in [0.25, 0.3) is 35.2 Å². The molecule has 3 fully saturated rings. The molecule has 0 unspecified atom stereocenters. The van der Waals surface area contributed by atoms with E-state index in [1.54, 1.807) is 124 Å². The second-order valence-electron chi connectivity index (χ2n) is 19.9. The first kappa shape index (κ1) is 70.3. The first-order valence-electron chi connectivity index (χ1n) is 28.5. The minimum atomic E-state index is -0.833. The van der Waals surface area contributed by atoms with E-state index in [1.807, 2.05) is 57.2 Å². The normalized spacial score (nSPS) is 15.0. The topological polar surface area (TPSA) is 229 Å². The standard InChI is InChI=1S/3C21H16BrN3O3S2.C2H4O2/c3*1-2-10-25-20(27)16(30-21(25)29)12-15-18(28-14-8-6-13(22)7-9-14)23-17-5-3-4-11-24(17)19(15)26;1-2(3)4/h3*3-9,11-12H,2,10H2,1H3;1H3,(H,3,4)/b3*16-12-;. The number of thiocarbonyl (C=S) groups is 3. The number of pyridine rings is 3. The van der Waals surface area contributed by atoms with E-state index >= 15 is 0 Å². The van der Waals surface area contributed by atoms with Crippen LogP contribution in [0.5, 0.6) is 34.9 Å². The predicted molar refractivity (Wildman–Crippen MR) is 391 cm³/mol. The van der Waals surface area contributed by atoms with Crippen LogP contribution in [-0.4, -0.2) is 104 Å². The number of aromatic nitrogens is 6. The Morgan fingerprint density at radius 2 is 0.691 bits per heavy atom. The highest BCUT2D eigenvalue weighted by Gasteiger charge is 2.35. The van der Waals surface area contributed by atoms with Gasteiger partial charge >= 0.3 is 0 Å². The summed E-state index contributed by atoms with van der Waals surface area (Å²) in [5.74, 6) is 0.519. The molecule has 3 aromatic carbocycles. The van der Waals surface area contributed by atoms with Crippen molar-refractivity contribution in [1.29, 1.82) is 0 Å². The number of aliphatic carboxylic acids is 1. The number of nitrogens with zero attached hydrogens (tertiary/aromatic N) is 9. The maximum absolute atomic E-state index is 13.2. The number of thioether (sulfide) groups is 3. The Labute approximate surface area is 591 Å². The Kier molecular flexibility index (Phi) is 24.3. The highest BCUT2D eigenvalue weighted by atomic mass is 79.9. The van der Waals surface area contributed by atoms with Crippen molar-refractivity contribution in [3.05, 3.63) is 222 Å². The molecule has 20 nitrogen and oxygen atoms in total. The average Bonchev–Trinajstić information content (AvgIpc) is 1.21. The smallest absolute Gasteiger partial charge is 0.300 e. The maximum atomic E-state index is 13.2. The number of amides is 3. The van der Waals surface area contributed by atoms with Crippen LogP contribution in [0.15, 0.2) is 189 Å². The van der Waals surface area contributed by atoms with Gasteiger partial charge in [-0.25, -0.2) is 0 Å². The van der Waals surface area contributed by atoms with Gasteiger partial charge < -0.3 is 19.3 Å². The van der Waals surface area contributed by atoms with Crippen molar-refractivity contribution in [3.8, 4) is 34.9 Å². The molecule has 0 aliphatic carbocycles. The van der Waals surface area contributed by atoms with Crippen molar-refractivity contribution in [1.82, 2.24) is 42.9 Å². The van der Waals surface area contributed by atoms with Crippen LogP contribution in [-0.2, 0) is 19.2 Å². The van der Waals surface area contributed by atoms with Crippen molar-refractivity contribution >= 4 is 192 Å². The van der Waals surface area contributed by atoms with Crippen LogP contribution in [0.4, 0.5) is 0 Å². The van der Waals surface area contributed by atoms with Crippen LogP contribution in [0.1, 0.15) is 63.6 Å². The van der Waals surface area contributed by atoms with Crippen LogP contribution >= 0.6 is 120 Å². The van der Waals surface area contributed by atoms with Crippen molar-refractivity contribution in [2.45, 2.75) is 47.0 Å². The lowest BCUT2D eigenvalue weighted by atomic mass is 10.2. The SMILES string of the molecule is CC(=O)O.CCCN1C(=O)/C(=C/c2c(Oc3ccc(Br)cc3)nc3ccccn3c2=O)SC1=S.CCCN1C(=O)/C(=C/c2c(Oc3ccc(Br)cc3)nc3ccccn3c2=O)SC1=S.CCCN1C(=O)/C(=C/c2c(Oc3ccc(Br)cc3)nc3ccccn3c2=O)SC1=S. The lowest BCUT2D eigenvalue weighted by molar-refractivity contribution is -0.134. The third-order valence-corrected chi connectivity index (χ3v) is 18.8. The van der Waals surface area contributed by atoms with Gasteiger partial charge in [-0.05, 0) is 147 Å². The second-order valence-corrected chi connectivity index (χ2v) is 27.7. The van der Waals surface area contributed by atoms with Gasteiger partial charge in [0.2, 0.25) is 17.6 Å². The fraction of sp³-hybridized carbons (Fsp3) is 0.154. The highest BCUT2D eigenvalue weighted by Crippen LogP contribution is 2.38. The molecule has 3 amide bonds. The van der Waals surface area contributed by atoms with E-state index in [0.717, 1.165) is 39.6 Å². The average molecular weight is 1570 g/mol. The molecule has 0 atom stereocenters. The second kappa shape index (κ2) is 32.4. The van der Waals surface area contributed by atoms with E-state index in [1.165, 1.54) is 66.7 Å². The molecular formula is C65H52Br3N9O11S6. The molecule has 12 rings (SSSR count). The van der Waals surface area contributed by atoms with E-state index in [2.05, 4.69) is 62.7 Å². The van der Waals surface area contributed by atoms with Crippen molar-refractivity contribution in [2.75, 3.05) is 19.6 Å². The zero-order valence-corrected chi connectivity index (χ0v) is 59.6.